The fourth-order valence-corrected chi connectivity index (χ4v) is 4.82. The number of amides is 1. The maximum atomic E-state index is 12.8. The number of benzene rings is 2. The van der Waals surface area contributed by atoms with Crippen molar-refractivity contribution in [2.45, 2.75) is 11.3 Å². The summed E-state index contributed by atoms with van der Waals surface area (Å²) in [6.45, 7) is 4.42. The van der Waals surface area contributed by atoms with E-state index in [9.17, 15) is 13.2 Å². The molecule has 1 fully saturated rings. The molecule has 3 N–H and O–H groups in total. The number of anilines is 3. The molecule has 35 heavy (non-hydrogen) atoms. The zero-order valence-corrected chi connectivity index (χ0v) is 20.1. The molecule has 2 aromatic carbocycles. The van der Waals surface area contributed by atoms with Crippen LogP contribution < -0.4 is 15.4 Å². The Morgan fingerprint density at radius 1 is 0.943 bits per heavy atom. The van der Waals surface area contributed by atoms with Gasteiger partial charge in [0.25, 0.3) is 5.91 Å². The summed E-state index contributed by atoms with van der Waals surface area (Å²) in [5.41, 5.74) is 2.39. The molecule has 9 nitrogen and oxygen atoms in total. The SMILES string of the molecule is O=C(Nc1ccncc1)c1cccc(Nc2cccc(S(=O)(=O)NCCCN3CCOCC3)c2)c1. The number of ether oxygens (including phenoxy) is 1. The van der Waals surface area contributed by atoms with Crippen molar-refractivity contribution in [2.24, 2.45) is 0 Å². The lowest BCUT2D eigenvalue weighted by atomic mass is 10.1. The van der Waals surface area contributed by atoms with E-state index in [2.05, 4.69) is 25.2 Å². The van der Waals surface area contributed by atoms with Crippen LogP contribution in [-0.2, 0) is 14.8 Å². The first-order valence-corrected chi connectivity index (χ1v) is 13.0. The van der Waals surface area contributed by atoms with Crippen molar-refractivity contribution in [3.63, 3.8) is 0 Å². The van der Waals surface area contributed by atoms with E-state index in [4.69, 9.17) is 4.74 Å². The Bertz CT molecular complexity index is 1230. The number of hydrogen-bond acceptors (Lipinski definition) is 7. The van der Waals surface area contributed by atoms with Gasteiger partial charge in [-0.25, -0.2) is 13.1 Å². The lowest BCUT2D eigenvalue weighted by molar-refractivity contribution is 0.0376. The minimum Gasteiger partial charge on any atom is -0.379 e. The predicted molar refractivity (Wildman–Crippen MR) is 135 cm³/mol. The average Bonchev–Trinajstić information content (AvgIpc) is 2.88. The molecule has 0 aliphatic carbocycles. The molecule has 2 heterocycles. The van der Waals surface area contributed by atoms with Crippen molar-refractivity contribution in [3.8, 4) is 0 Å². The summed E-state index contributed by atoms with van der Waals surface area (Å²) in [7, 11) is -3.64. The van der Waals surface area contributed by atoms with Crippen molar-refractivity contribution >= 4 is 33.0 Å². The highest BCUT2D eigenvalue weighted by Crippen LogP contribution is 2.21. The van der Waals surface area contributed by atoms with Crippen molar-refractivity contribution in [1.29, 1.82) is 0 Å². The summed E-state index contributed by atoms with van der Waals surface area (Å²) in [6.07, 6.45) is 3.94. The smallest absolute Gasteiger partial charge is 0.255 e. The van der Waals surface area contributed by atoms with Crippen LogP contribution in [0.4, 0.5) is 17.1 Å². The highest BCUT2D eigenvalue weighted by Gasteiger charge is 2.15. The molecule has 1 amide bonds. The Kier molecular flexibility index (Phi) is 8.43. The van der Waals surface area contributed by atoms with Gasteiger partial charge in [0, 0.05) is 54.7 Å². The lowest BCUT2D eigenvalue weighted by Crippen LogP contribution is -2.38. The van der Waals surface area contributed by atoms with Gasteiger partial charge in [0.15, 0.2) is 0 Å². The van der Waals surface area contributed by atoms with Crippen molar-refractivity contribution < 1.29 is 17.9 Å². The molecule has 1 saturated heterocycles. The molecule has 184 valence electrons. The van der Waals surface area contributed by atoms with Crippen LogP contribution in [0.1, 0.15) is 16.8 Å². The molecular formula is C25H29N5O4S. The van der Waals surface area contributed by atoms with Gasteiger partial charge in [-0.3, -0.25) is 14.7 Å². The van der Waals surface area contributed by atoms with Crippen LogP contribution in [0.5, 0.6) is 0 Å². The van der Waals surface area contributed by atoms with Crippen LogP contribution in [0.25, 0.3) is 0 Å². The molecule has 0 spiro atoms. The normalized spacial score (nSPS) is 14.4. The van der Waals surface area contributed by atoms with Crippen LogP contribution in [0.15, 0.2) is 78.0 Å². The molecule has 1 aliphatic rings. The van der Waals surface area contributed by atoms with Crippen molar-refractivity contribution in [1.82, 2.24) is 14.6 Å². The second-order valence-corrected chi connectivity index (χ2v) is 9.90. The largest absolute Gasteiger partial charge is 0.379 e. The minimum absolute atomic E-state index is 0.181. The van der Waals surface area contributed by atoms with Crippen LogP contribution in [0, 0.1) is 0 Å². The van der Waals surface area contributed by atoms with E-state index in [0.717, 1.165) is 39.3 Å². The quantitative estimate of drug-likeness (QED) is 0.371. The Balaban J connectivity index is 1.35. The van der Waals surface area contributed by atoms with E-state index in [-0.39, 0.29) is 10.8 Å². The summed E-state index contributed by atoms with van der Waals surface area (Å²) in [5.74, 6) is -0.252. The molecule has 0 bridgehead atoms. The van der Waals surface area contributed by atoms with Crippen molar-refractivity contribution in [2.75, 3.05) is 50.0 Å². The van der Waals surface area contributed by atoms with E-state index >= 15 is 0 Å². The molecule has 0 atom stereocenters. The van der Waals surface area contributed by atoms with E-state index in [1.54, 1.807) is 67.0 Å². The van der Waals surface area contributed by atoms with Crippen LogP contribution in [-0.4, -0.2) is 63.6 Å². The third-order valence-corrected chi connectivity index (χ3v) is 7.00. The molecular weight excluding hydrogens is 466 g/mol. The Labute approximate surface area is 205 Å². The molecule has 10 heteroatoms. The van der Waals surface area contributed by atoms with Gasteiger partial charge >= 0.3 is 0 Å². The third kappa shape index (κ3) is 7.33. The van der Waals surface area contributed by atoms with E-state index < -0.39 is 10.0 Å². The second-order valence-electron chi connectivity index (χ2n) is 8.13. The first-order chi connectivity index (χ1) is 17.0. The number of nitrogens with zero attached hydrogens (tertiary/aromatic N) is 2. The molecule has 0 radical (unpaired) electrons. The Morgan fingerprint density at radius 2 is 1.66 bits per heavy atom. The molecule has 0 unspecified atom stereocenters. The van der Waals surface area contributed by atoms with Crippen LogP contribution in [0.2, 0.25) is 0 Å². The molecule has 4 rings (SSSR count). The summed E-state index contributed by atoms with van der Waals surface area (Å²) < 4.78 is 33.6. The van der Waals surface area contributed by atoms with Gasteiger partial charge in [-0.05, 0) is 61.5 Å². The fourth-order valence-electron chi connectivity index (χ4n) is 3.70. The summed E-state index contributed by atoms with van der Waals surface area (Å²) >= 11 is 0. The molecule has 1 aliphatic heterocycles. The number of morpholine rings is 1. The van der Waals surface area contributed by atoms with Gasteiger partial charge in [0.2, 0.25) is 10.0 Å². The highest BCUT2D eigenvalue weighted by molar-refractivity contribution is 7.89. The minimum atomic E-state index is -3.64. The topological polar surface area (TPSA) is 113 Å². The van der Waals surface area contributed by atoms with Crippen LogP contribution >= 0.6 is 0 Å². The standard InChI is InChI=1S/C25H29N5O4S/c31-25(29-21-8-11-26-12-9-21)20-4-1-5-22(18-20)28-23-6-2-7-24(19-23)35(32,33)27-10-3-13-30-14-16-34-17-15-30/h1-2,4-9,11-12,18-19,27-28H,3,10,13-17H2,(H,26,29,31). The van der Waals surface area contributed by atoms with Gasteiger partial charge in [-0.2, -0.15) is 0 Å². The zero-order chi connectivity index (χ0) is 24.5. The summed E-state index contributed by atoms with van der Waals surface area (Å²) in [4.78, 5) is 19.0. The number of hydrogen-bond donors (Lipinski definition) is 3. The lowest BCUT2D eigenvalue weighted by Gasteiger charge is -2.26. The molecule has 1 aromatic heterocycles. The fraction of sp³-hybridized carbons (Fsp3) is 0.280. The van der Waals surface area contributed by atoms with Crippen molar-refractivity contribution in [3.05, 3.63) is 78.6 Å². The number of carbonyl (C=O) groups is 1. The number of carbonyl (C=O) groups excluding carboxylic acids is 1. The van der Waals surface area contributed by atoms with E-state index in [1.165, 1.54) is 0 Å². The number of nitrogens with one attached hydrogen (secondary N) is 3. The molecule has 3 aromatic rings. The first kappa shape index (κ1) is 24.8. The average molecular weight is 496 g/mol. The maximum absolute atomic E-state index is 12.8. The number of aromatic nitrogens is 1. The first-order valence-electron chi connectivity index (χ1n) is 11.5. The van der Waals surface area contributed by atoms with Gasteiger partial charge < -0.3 is 15.4 Å². The van der Waals surface area contributed by atoms with Gasteiger partial charge in [0.05, 0.1) is 18.1 Å². The monoisotopic (exact) mass is 495 g/mol. The van der Waals surface area contributed by atoms with Gasteiger partial charge in [-0.15, -0.1) is 0 Å². The van der Waals surface area contributed by atoms with Gasteiger partial charge in [-0.1, -0.05) is 12.1 Å². The second kappa shape index (κ2) is 11.9. The zero-order valence-electron chi connectivity index (χ0n) is 19.3. The predicted octanol–water partition coefficient (Wildman–Crippen LogP) is 3.08. The summed E-state index contributed by atoms with van der Waals surface area (Å²) in [6, 6.07) is 17.0. The number of rotatable bonds is 10. The Hall–Kier alpha value is -3.31. The number of sulfonamides is 1. The van der Waals surface area contributed by atoms with Crippen LogP contribution in [0.3, 0.4) is 0 Å². The maximum Gasteiger partial charge on any atom is 0.255 e. The highest BCUT2D eigenvalue weighted by atomic mass is 32.2. The van der Waals surface area contributed by atoms with E-state index in [0.29, 0.717) is 29.2 Å². The molecule has 0 saturated carbocycles. The number of pyridine rings is 1. The summed E-state index contributed by atoms with van der Waals surface area (Å²) in [5, 5.41) is 6.01. The Morgan fingerprint density at radius 3 is 2.43 bits per heavy atom. The van der Waals surface area contributed by atoms with Gasteiger partial charge in [0.1, 0.15) is 0 Å². The van der Waals surface area contributed by atoms with E-state index in [1.807, 2.05) is 6.07 Å². The third-order valence-electron chi connectivity index (χ3n) is 5.54.